The van der Waals surface area contributed by atoms with Crippen LogP contribution in [0, 0.1) is 0 Å². The zero-order valence-corrected chi connectivity index (χ0v) is 13.2. The molecule has 0 aliphatic carbocycles. The van der Waals surface area contributed by atoms with Crippen LogP contribution in [0.4, 0.5) is 0 Å². The monoisotopic (exact) mass is 325 g/mol. The minimum Gasteiger partial charge on any atom is -0.350 e. The smallest absolute Gasteiger partial charge is 0.239 e. The normalized spacial score (nSPS) is 19.6. The van der Waals surface area contributed by atoms with Crippen molar-refractivity contribution in [2.45, 2.75) is 25.9 Å². The molecule has 0 saturated carbocycles. The summed E-state index contributed by atoms with van der Waals surface area (Å²) < 4.78 is 23.0. The van der Waals surface area contributed by atoms with Crippen molar-refractivity contribution in [3.8, 4) is 0 Å². The van der Waals surface area contributed by atoms with Gasteiger partial charge in [0.15, 0.2) is 9.84 Å². The Kier molecular flexibility index (Phi) is 5.12. The van der Waals surface area contributed by atoms with Crippen molar-refractivity contribution in [2.75, 3.05) is 18.1 Å². The number of rotatable bonds is 5. The number of nitrogens with one attached hydrogen (secondary N) is 1. The van der Waals surface area contributed by atoms with Crippen molar-refractivity contribution < 1.29 is 18.0 Å². The van der Waals surface area contributed by atoms with Gasteiger partial charge in [-0.3, -0.25) is 14.6 Å². The van der Waals surface area contributed by atoms with Crippen LogP contribution in [-0.4, -0.2) is 54.2 Å². The van der Waals surface area contributed by atoms with E-state index >= 15 is 0 Å². The molecule has 8 heteroatoms. The van der Waals surface area contributed by atoms with Crippen LogP contribution in [0.2, 0.25) is 0 Å². The number of hydrogen-bond acceptors (Lipinski definition) is 5. The van der Waals surface area contributed by atoms with E-state index in [0.717, 1.165) is 5.56 Å². The Morgan fingerprint density at radius 3 is 2.59 bits per heavy atom. The number of amides is 2. The van der Waals surface area contributed by atoms with Gasteiger partial charge in [-0.15, -0.1) is 0 Å². The Hall–Kier alpha value is -1.96. The van der Waals surface area contributed by atoms with Crippen LogP contribution in [0.5, 0.6) is 0 Å². The van der Waals surface area contributed by atoms with Gasteiger partial charge in [0.25, 0.3) is 0 Å². The second kappa shape index (κ2) is 6.87. The van der Waals surface area contributed by atoms with E-state index < -0.39 is 15.9 Å². The Labute approximate surface area is 129 Å². The maximum atomic E-state index is 12.0. The SMILES string of the molecule is CC(=O)N(CC(=O)NCc1ccncc1)C1CCS(=O)(=O)C1. The maximum Gasteiger partial charge on any atom is 0.239 e. The molecule has 0 aromatic carbocycles. The Balaban J connectivity index is 1.91. The lowest BCUT2D eigenvalue weighted by molar-refractivity contribution is -0.136. The third-order valence-corrected chi connectivity index (χ3v) is 5.36. The molecular weight excluding hydrogens is 306 g/mol. The molecular formula is C14H19N3O4S. The van der Waals surface area contributed by atoms with Crippen LogP contribution < -0.4 is 5.32 Å². The minimum atomic E-state index is -3.10. The van der Waals surface area contributed by atoms with E-state index in [-0.39, 0.29) is 29.9 Å². The molecule has 7 nitrogen and oxygen atoms in total. The van der Waals surface area contributed by atoms with Gasteiger partial charge < -0.3 is 10.2 Å². The quantitative estimate of drug-likeness (QED) is 0.804. The average molecular weight is 325 g/mol. The Morgan fingerprint density at radius 1 is 1.36 bits per heavy atom. The second-order valence-corrected chi connectivity index (χ2v) is 7.56. The summed E-state index contributed by atoms with van der Waals surface area (Å²) in [5.41, 5.74) is 0.904. The van der Waals surface area contributed by atoms with Gasteiger partial charge in [-0.05, 0) is 24.1 Å². The first-order chi connectivity index (χ1) is 10.4. The second-order valence-electron chi connectivity index (χ2n) is 5.34. The number of nitrogens with zero attached hydrogens (tertiary/aromatic N) is 2. The third-order valence-electron chi connectivity index (χ3n) is 3.61. The molecule has 1 N–H and O–H groups in total. The average Bonchev–Trinajstić information content (AvgIpc) is 2.83. The van der Waals surface area contributed by atoms with Crippen LogP contribution >= 0.6 is 0 Å². The Morgan fingerprint density at radius 2 is 2.05 bits per heavy atom. The first kappa shape index (κ1) is 16.4. The van der Waals surface area contributed by atoms with Gasteiger partial charge >= 0.3 is 0 Å². The van der Waals surface area contributed by atoms with Gasteiger partial charge in [0.05, 0.1) is 18.1 Å². The van der Waals surface area contributed by atoms with Crippen LogP contribution in [-0.2, 0) is 26.0 Å². The number of sulfone groups is 1. The lowest BCUT2D eigenvalue weighted by Gasteiger charge is -2.26. The highest BCUT2D eigenvalue weighted by Crippen LogP contribution is 2.17. The molecule has 2 heterocycles. The maximum absolute atomic E-state index is 12.0. The van der Waals surface area contributed by atoms with E-state index in [4.69, 9.17) is 0 Å². The van der Waals surface area contributed by atoms with Gasteiger partial charge in [0, 0.05) is 31.9 Å². The molecule has 1 aromatic heterocycles. The third kappa shape index (κ3) is 4.52. The zero-order valence-electron chi connectivity index (χ0n) is 12.4. The predicted molar refractivity (Wildman–Crippen MR) is 80.5 cm³/mol. The topological polar surface area (TPSA) is 96.4 Å². The zero-order chi connectivity index (χ0) is 16.2. The Bertz CT molecular complexity index is 645. The van der Waals surface area contributed by atoms with Crippen molar-refractivity contribution in [1.82, 2.24) is 15.2 Å². The van der Waals surface area contributed by atoms with Gasteiger partial charge in [-0.1, -0.05) is 0 Å². The lowest BCUT2D eigenvalue weighted by Crippen LogP contribution is -2.45. The van der Waals surface area contributed by atoms with Crippen molar-refractivity contribution in [1.29, 1.82) is 0 Å². The number of carbonyl (C=O) groups is 2. The summed E-state index contributed by atoms with van der Waals surface area (Å²) in [6.07, 6.45) is 3.65. The number of carbonyl (C=O) groups excluding carboxylic acids is 2. The van der Waals surface area contributed by atoms with Crippen LogP contribution in [0.15, 0.2) is 24.5 Å². The molecule has 0 bridgehead atoms. The van der Waals surface area contributed by atoms with E-state index in [9.17, 15) is 18.0 Å². The molecule has 0 spiro atoms. The molecule has 0 radical (unpaired) electrons. The summed E-state index contributed by atoms with van der Waals surface area (Å²) in [5.74, 6) is -0.595. The first-order valence-electron chi connectivity index (χ1n) is 7.00. The molecule has 1 aliphatic heterocycles. The largest absolute Gasteiger partial charge is 0.350 e. The molecule has 1 fully saturated rings. The van der Waals surface area contributed by atoms with Gasteiger partial charge in [-0.25, -0.2) is 8.42 Å². The van der Waals surface area contributed by atoms with E-state index in [1.807, 2.05) is 0 Å². The summed E-state index contributed by atoms with van der Waals surface area (Å²) >= 11 is 0. The molecule has 1 aromatic rings. The van der Waals surface area contributed by atoms with Gasteiger partial charge in [0.2, 0.25) is 11.8 Å². The molecule has 1 aliphatic rings. The van der Waals surface area contributed by atoms with E-state index in [0.29, 0.717) is 13.0 Å². The van der Waals surface area contributed by atoms with Crippen molar-refractivity contribution in [3.63, 3.8) is 0 Å². The summed E-state index contributed by atoms with van der Waals surface area (Å²) in [7, 11) is -3.10. The minimum absolute atomic E-state index is 0.0653. The fourth-order valence-corrected chi connectivity index (χ4v) is 4.16. The summed E-state index contributed by atoms with van der Waals surface area (Å²) in [5, 5.41) is 2.72. The molecule has 1 unspecified atom stereocenters. The fourth-order valence-electron chi connectivity index (χ4n) is 2.43. The molecule has 1 saturated heterocycles. The number of pyridine rings is 1. The first-order valence-corrected chi connectivity index (χ1v) is 8.83. The molecule has 22 heavy (non-hydrogen) atoms. The van der Waals surface area contributed by atoms with Crippen LogP contribution in [0.25, 0.3) is 0 Å². The van der Waals surface area contributed by atoms with Crippen molar-refractivity contribution in [3.05, 3.63) is 30.1 Å². The fraction of sp³-hybridized carbons (Fsp3) is 0.500. The number of hydrogen-bond donors (Lipinski definition) is 1. The highest BCUT2D eigenvalue weighted by atomic mass is 32.2. The van der Waals surface area contributed by atoms with E-state index in [1.165, 1.54) is 11.8 Å². The highest BCUT2D eigenvalue weighted by molar-refractivity contribution is 7.91. The molecule has 120 valence electrons. The standard InChI is InChI=1S/C14H19N3O4S/c1-11(18)17(13-4-7-22(20,21)10-13)9-14(19)16-8-12-2-5-15-6-3-12/h2-3,5-6,13H,4,7-10H2,1H3,(H,16,19). The lowest BCUT2D eigenvalue weighted by atomic mass is 10.2. The number of aromatic nitrogens is 1. The van der Waals surface area contributed by atoms with Gasteiger partial charge in [-0.2, -0.15) is 0 Å². The summed E-state index contributed by atoms with van der Waals surface area (Å²) in [6.45, 7) is 1.57. The van der Waals surface area contributed by atoms with E-state index in [1.54, 1.807) is 24.5 Å². The van der Waals surface area contributed by atoms with Crippen LogP contribution in [0.3, 0.4) is 0 Å². The predicted octanol–water partition coefficient (Wildman–Crippen LogP) is -0.267. The summed E-state index contributed by atoms with van der Waals surface area (Å²) in [4.78, 5) is 28.9. The van der Waals surface area contributed by atoms with Gasteiger partial charge in [0.1, 0.15) is 0 Å². The molecule has 2 rings (SSSR count). The summed E-state index contributed by atoms with van der Waals surface area (Å²) in [6, 6.07) is 3.16. The van der Waals surface area contributed by atoms with Crippen molar-refractivity contribution in [2.24, 2.45) is 0 Å². The van der Waals surface area contributed by atoms with Crippen LogP contribution in [0.1, 0.15) is 18.9 Å². The van der Waals surface area contributed by atoms with E-state index in [2.05, 4.69) is 10.3 Å². The molecule has 1 atom stereocenters. The molecule has 2 amide bonds. The highest BCUT2D eigenvalue weighted by Gasteiger charge is 2.34. The van der Waals surface area contributed by atoms with Crippen molar-refractivity contribution >= 4 is 21.7 Å².